The van der Waals surface area contributed by atoms with Gasteiger partial charge in [0.15, 0.2) is 0 Å². The molecule has 0 saturated heterocycles. The van der Waals surface area contributed by atoms with Crippen molar-refractivity contribution in [3.8, 4) is 0 Å². The number of rotatable bonds is 6. The Hall–Kier alpha value is -3.52. The van der Waals surface area contributed by atoms with Crippen LogP contribution in [0.4, 0.5) is 11.4 Å². The van der Waals surface area contributed by atoms with Crippen LogP contribution in [0, 0.1) is 13.8 Å². The Morgan fingerprint density at radius 3 is 1.28 bits per heavy atom. The Morgan fingerprint density at radius 1 is 0.562 bits per heavy atom. The molecule has 4 aromatic rings. The molecule has 0 atom stereocenters. The van der Waals surface area contributed by atoms with Crippen LogP contribution in [0.5, 0.6) is 0 Å². The van der Waals surface area contributed by atoms with Crippen LogP contribution in [0.15, 0.2) is 84.9 Å². The van der Waals surface area contributed by atoms with Crippen molar-refractivity contribution in [2.45, 2.75) is 39.5 Å². The molecule has 162 valence electrons. The van der Waals surface area contributed by atoms with Gasteiger partial charge in [-0.2, -0.15) is 0 Å². The van der Waals surface area contributed by atoms with Gasteiger partial charge < -0.3 is 11.5 Å². The highest BCUT2D eigenvalue weighted by Gasteiger charge is 2.10. The van der Waals surface area contributed by atoms with Crippen LogP contribution in [-0.2, 0) is 12.8 Å². The maximum absolute atomic E-state index is 5.88. The van der Waals surface area contributed by atoms with Crippen molar-refractivity contribution >= 4 is 11.4 Å². The summed E-state index contributed by atoms with van der Waals surface area (Å²) in [6, 6.07) is 30.4. The fourth-order valence-corrected chi connectivity index (χ4v) is 4.32. The summed E-state index contributed by atoms with van der Waals surface area (Å²) in [6.07, 6.45) is 1.86. The van der Waals surface area contributed by atoms with Gasteiger partial charge in [-0.25, -0.2) is 0 Å². The first-order valence-corrected chi connectivity index (χ1v) is 11.3. The van der Waals surface area contributed by atoms with Gasteiger partial charge in [-0.1, -0.05) is 67.6 Å². The summed E-state index contributed by atoms with van der Waals surface area (Å²) in [5.74, 6) is 0.356. The molecule has 4 N–H and O–H groups in total. The molecule has 0 heterocycles. The highest BCUT2D eigenvalue weighted by Crippen LogP contribution is 2.26. The summed E-state index contributed by atoms with van der Waals surface area (Å²) in [6.45, 7) is 6.53. The second-order valence-corrected chi connectivity index (χ2v) is 8.93. The van der Waals surface area contributed by atoms with Crippen LogP contribution >= 0.6 is 0 Å². The number of hydrogen-bond donors (Lipinski definition) is 2. The minimum absolute atomic E-state index is 0.356. The van der Waals surface area contributed by atoms with Crippen molar-refractivity contribution in [1.29, 1.82) is 0 Å². The van der Waals surface area contributed by atoms with E-state index in [2.05, 4.69) is 81.4 Å². The van der Waals surface area contributed by atoms with Gasteiger partial charge in [-0.15, -0.1) is 0 Å². The maximum atomic E-state index is 5.88. The molecule has 0 aromatic heterocycles. The lowest BCUT2D eigenvalue weighted by Crippen LogP contribution is -1.99. The van der Waals surface area contributed by atoms with Crippen LogP contribution in [0.3, 0.4) is 0 Å². The van der Waals surface area contributed by atoms with Gasteiger partial charge in [-0.05, 0) is 95.5 Å². The fourth-order valence-electron chi connectivity index (χ4n) is 4.32. The Balaban J connectivity index is 1.44. The lowest BCUT2D eigenvalue weighted by molar-refractivity contribution is 0.918. The second-order valence-electron chi connectivity index (χ2n) is 8.93. The van der Waals surface area contributed by atoms with Gasteiger partial charge in [0.1, 0.15) is 0 Å². The third-order valence-corrected chi connectivity index (χ3v) is 6.48. The summed E-state index contributed by atoms with van der Waals surface area (Å²) in [4.78, 5) is 0. The van der Waals surface area contributed by atoms with Gasteiger partial charge in [0.05, 0.1) is 0 Å². The van der Waals surface area contributed by atoms with Crippen molar-refractivity contribution in [1.82, 2.24) is 0 Å². The first-order valence-electron chi connectivity index (χ1n) is 11.3. The lowest BCUT2D eigenvalue weighted by Gasteiger charge is -2.15. The molecule has 32 heavy (non-hydrogen) atoms. The summed E-state index contributed by atoms with van der Waals surface area (Å²) in [5.41, 5.74) is 23.9. The highest BCUT2D eigenvalue weighted by atomic mass is 14.5. The molecule has 2 nitrogen and oxygen atoms in total. The number of nitrogen functional groups attached to an aromatic ring is 2. The number of aryl methyl sites for hydroxylation is 2. The Bertz CT molecular complexity index is 1110. The van der Waals surface area contributed by atoms with Crippen molar-refractivity contribution < 1.29 is 0 Å². The molecule has 0 spiro atoms. The maximum Gasteiger partial charge on any atom is 0.0316 e. The molecule has 0 unspecified atom stereocenters. The van der Waals surface area contributed by atoms with Crippen molar-refractivity contribution in [3.05, 3.63) is 129 Å². The van der Waals surface area contributed by atoms with Crippen molar-refractivity contribution in [2.75, 3.05) is 11.5 Å². The smallest absolute Gasteiger partial charge is 0.0316 e. The van der Waals surface area contributed by atoms with Gasteiger partial charge in [0.25, 0.3) is 0 Å². The summed E-state index contributed by atoms with van der Waals surface area (Å²) in [7, 11) is 0. The Kier molecular flexibility index (Phi) is 6.32. The molecular weight excluding hydrogens is 388 g/mol. The SMILES string of the molecule is Cc1cc(N)ccc1Cc1ccc(C(C)c2ccc(Cc3ccc(N)cc3C)cc2)cc1. The molecule has 0 saturated carbocycles. The molecule has 0 aliphatic carbocycles. The van der Waals surface area contributed by atoms with Gasteiger partial charge in [-0.3, -0.25) is 0 Å². The number of nitrogens with two attached hydrogens (primary N) is 2. The molecule has 0 amide bonds. The lowest BCUT2D eigenvalue weighted by atomic mass is 9.90. The summed E-state index contributed by atoms with van der Waals surface area (Å²) >= 11 is 0. The number of hydrogen-bond acceptors (Lipinski definition) is 2. The molecular formula is C30H32N2. The van der Waals surface area contributed by atoms with E-state index in [1.165, 1.54) is 44.5 Å². The van der Waals surface area contributed by atoms with E-state index in [0.717, 1.165) is 24.2 Å². The van der Waals surface area contributed by atoms with Gasteiger partial charge in [0, 0.05) is 17.3 Å². The molecule has 0 fully saturated rings. The average Bonchev–Trinajstić information content (AvgIpc) is 2.78. The molecule has 0 aliphatic heterocycles. The molecule has 0 radical (unpaired) electrons. The molecule has 0 bridgehead atoms. The Labute approximate surface area is 191 Å². The van der Waals surface area contributed by atoms with E-state index in [-0.39, 0.29) is 0 Å². The van der Waals surface area contributed by atoms with E-state index in [4.69, 9.17) is 11.5 Å². The molecule has 2 heteroatoms. The largest absolute Gasteiger partial charge is 0.399 e. The minimum Gasteiger partial charge on any atom is -0.399 e. The normalized spacial score (nSPS) is 11.1. The fraction of sp³-hybridized carbons (Fsp3) is 0.200. The van der Waals surface area contributed by atoms with Gasteiger partial charge >= 0.3 is 0 Å². The first kappa shape index (κ1) is 21.7. The highest BCUT2D eigenvalue weighted by molar-refractivity contribution is 5.47. The van der Waals surface area contributed by atoms with Crippen LogP contribution in [-0.4, -0.2) is 0 Å². The van der Waals surface area contributed by atoms with Crippen molar-refractivity contribution in [2.24, 2.45) is 0 Å². The minimum atomic E-state index is 0.356. The predicted octanol–water partition coefficient (Wildman–Crippen LogP) is 6.80. The van der Waals surface area contributed by atoms with Crippen LogP contribution in [0.2, 0.25) is 0 Å². The standard InChI is InChI=1S/C30H32N2/c1-20-16-29(31)14-12-27(20)18-23-4-8-25(9-5-23)22(3)26-10-6-24(7-11-26)19-28-13-15-30(32)17-21(28)2/h4-17,22H,18-19,31-32H2,1-3H3. The zero-order valence-electron chi connectivity index (χ0n) is 19.2. The van der Waals surface area contributed by atoms with E-state index in [1.807, 2.05) is 24.3 Å². The van der Waals surface area contributed by atoms with E-state index >= 15 is 0 Å². The van der Waals surface area contributed by atoms with Crippen LogP contribution in [0.25, 0.3) is 0 Å². The quantitative estimate of drug-likeness (QED) is 0.337. The second kappa shape index (κ2) is 9.32. The third kappa shape index (κ3) is 5.03. The summed E-state index contributed by atoms with van der Waals surface area (Å²) in [5, 5.41) is 0. The van der Waals surface area contributed by atoms with Crippen LogP contribution in [0.1, 0.15) is 57.3 Å². The molecule has 0 aliphatic rings. The molecule has 4 rings (SSSR count). The monoisotopic (exact) mass is 420 g/mol. The topological polar surface area (TPSA) is 52.0 Å². The first-order chi connectivity index (χ1) is 15.4. The van der Waals surface area contributed by atoms with Gasteiger partial charge in [0.2, 0.25) is 0 Å². The van der Waals surface area contributed by atoms with E-state index < -0.39 is 0 Å². The predicted molar refractivity (Wildman–Crippen MR) is 137 cm³/mol. The van der Waals surface area contributed by atoms with E-state index in [1.54, 1.807) is 0 Å². The third-order valence-electron chi connectivity index (χ3n) is 6.48. The average molecular weight is 421 g/mol. The van der Waals surface area contributed by atoms with E-state index in [9.17, 15) is 0 Å². The zero-order valence-corrected chi connectivity index (χ0v) is 19.2. The zero-order chi connectivity index (χ0) is 22.7. The van der Waals surface area contributed by atoms with Crippen molar-refractivity contribution in [3.63, 3.8) is 0 Å². The number of anilines is 2. The summed E-state index contributed by atoms with van der Waals surface area (Å²) < 4.78 is 0. The Morgan fingerprint density at radius 2 is 0.938 bits per heavy atom. The number of benzene rings is 4. The van der Waals surface area contributed by atoms with Crippen LogP contribution < -0.4 is 11.5 Å². The van der Waals surface area contributed by atoms with E-state index in [0.29, 0.717) is 5.92 Å². The molecule has 4 aromatic carbocycles.